The van der Waals surface area contributed by atoms with Crippen molar-refractivity contribution in [2.75, 3.05) is 0 Å². The van der Waals surface area contributed by atoms with Gasteiger partial charge in [0.2, 0.25) is 0 Å². The molecule has 0 aliphatic rings. The molecule has 0 atom stereocenters. The zero-order valence-corrected chi connectivity index (χ0v) is 13.6. The van der Waals surface area contributed by atoms with Crippen LogP contribution < -0.4 is 0 Å². The summed E-state index contributed by atoms with van der Waals surface area (Å²) < 4.78 is 1.21. The van der Waals surface area contributed by atoms with Crippen molar-refractivity contribution >= 4 is 34.5 Å². The number of nitrogens with zero attached hydrogens (tertiary/aromatic N) is 1. The first-order valence-corrected chi connectivity index (χ1v) is 7.85. The van der Waals surface area contributed by atoms with Crippen LogP contribution in [0.4, 0.5) is 5.69 Å². The quantitative estimate of drug-likeness (QED) is 0.406. The third kappa shape index (κ3) is 3.58. The lowest BCUT2D eigenvalue weighted by Gasteiger charge is -2.02. The number of benzene rings is 3. The van der Waals surface area contributed by atoms with E-state index in [9.17, 15) is 0 Å². The predicted octanol–water partition coefficient (Wildman–Crippen LogP) is 5.71. The van der Waals surface area contributed by atoms with Crippen LogP contribution in [-0.4, -0.2) is 6.21 Å². The fraction of sp³-hybridized carbons (Fsp3) is 0. The van der Waals surface area contributed by atoms with Crippen molar-refractivity contribution in [3.8, 4) is 11.1 Å². The molecule has 1 nitrogen and oxygen atoms in total. The lowest BCUT2D eigenvalue weighted by molar-refractivity contribution is 1.51. The van der Waals surface area contributed by atoms with Crippen molar-refractivity contribution < 1.29 is 0 Å². The highest BCUT2D eigenvalue weighted by molar-refractivity contribution is 14.1. The fourth-order valence-electron chi connectivity index (χ4n) is 2.09. The van der Waals surface area contributed by atoms with Gasteiger partial charge in [0.05, 0.1) is 5.69 Å². The molecule has 3 rings (SSSR count). The summed E-state index contributed by atoms with van der Waals surface area (Å²) in [6.45, 7) is 0. The summed E-state index contributed by atoms with van der Waals surface area (Å²) in [5.41, 5.74) is 4.55. The van der Waals surface area contributed by atoms with Gasteiger partial charge in [-0.2, -0.15) is 0 Å². The van der Waals surface area contributed by atoms with E-state index in [0.717, 1.165) is 11.3 Å². The lowest BCUT2D eigenvalue weighted by Crippen LogP contribution is -1.84. The highest BCUT2D eigenvalue weighted by Crippen LogP contribution is 2.22. The Labute approximate surface area is 138 Å². The van der Waals surface area contributed by atoms with Gasteiger partial charge >= 0.3 is 0 Å². The van der Waals surface area contributed by atoms with E-state index < -0.39 is 0 Å². The first-order valence-electron chi connectivity index (χ1n) is 6.77. The van der Waals surface area contributed by atoms with E-state index in [1.807, 2.05) is 24.4 Å². The molecule has 0 saturated carbocycles. The van der Waals surface area contributed by atoms with Crippen LogP contribution in [-0.2, 0) is 0 Å². The maximum Gasteiger partial charge on any atom is 0.0630 e. The summed E-state index contributed by atoms with van der Waals surface area (Å²) in [6.07, 6.45) is 1.92. The second kappa shape index (κ2) is 6.68. The van der Waals surface area contributed by atoms with Gasteiger partial charge in [0, 0.05) is 15.3 Å². The standard InChI is InChI=1S/C19H14IN/c20-19-9-5-4-8-17(19)14-21-18-12-10-16(11-13-18)15-6-2-1-3-7-15/h1-14H. The summed E-state index contributed by atoms with van der Waals surface area (Å²) in [7, 11) is 0. The largest absolute Gasteiger partial charge is 0.256 e. The van der Waals surface area contributed by atoms with Gasteiger partial charge in [0.15, 0.2) is 0 Å². The SMILES string of the molecule is Ic1ccccc1C=Nc1ccc(-c2ccccc2)cc1. The second-order valence-electron chi connectivity index (χ2n) is 4.69. The summed E-state index contributed by atoms with van der Waals surface area (Å²) in [5, 5.41) is 0. The molecule has 102 valence electrons. The van der Waals surface area contributed by atoms with Gasteiger partial charge < -0.3 is 0 Å². The van der Waals surface area contributed by atoms with Gasteiger partial charge in [-0.15, -0.1) is 0 Å². The lowest BCUT2D eigenvalue weighted by atomic mass is 10.1. The van der Waals surface area contributed by atoms with Gasteiger partial charge in [0.1, 0.15) is 0 Å². The Kier molecular flexibility index (Phi) is 4.46. The Morgan fingerprint density at radius 3 is 2.00 bits per heavy atom. The van der Waals surface area contributed by atoms with Crippen molar-refractivity contribution in [1.29, 1.82) is 0 Å². The minimum atomic E-state index is 0.967. The molecule has 0 fully saturated rings. The monoisotopic (exact) mass is 383 g/mol. The highest BCUT2D eigenvalue weighted by atomic mass is 127. The Bertz CT molecular complexity index is 746. The minimum absolute atomic E-state index is 0.967. The van der Waals surface area contributed by atoms with E-state index in [2.05, 4.69) is 88.2 Å². The van der Waals surface area contributed by atoms with Crippen molar-refractivity contribution in [2.45, 2.75) is 0 Å². The first kappa shape index (κ1) is 14.0. The molecule has 0 saturated heterocycles. The normalized spacial score (nSPS) is 10.9. The van der Waals surface area contributed by atoms with Crippen molar-refractivity contribution in [2.24, 2.45) is 4.99 Å². The van der Waals surface area contributed by atoms with E-state index >= 15 is 0 Å². The Morgan fingerprint density at radius 1 is 0.667 bits per heavy atom. The van der Waals surface area contributed by atoms with E-state index in [0.29, 0.717) is 0 Å². The van der Waals surface area contributed by atoms with Crippen LogP contribution in [0.3, 0.4) is 0 Å². The summed E-state index contributed by atoms with van der Waals surface area (Å²) >= 11 is 2.32. The summed E-state index contributed by atoms with van der Waals surface area (Å²) in [5.74, 6) is 0. The minimum Gasteiger partial charge on any atom is -0.256 e. The average Bonchev–Trinajstić information content (AvgIpc) is 2.55. The zero-order chi connectivity index (χ0) is 14.5. The first-order chi connectivity index (χ1) is 10.3. The zero-order valence-electron chi connectivity index (χ0n) is 11.4. The third-order valence-electron chi connectivity index (χ3n) is 3.23. The molecular weight excluding hydrogens is 369 g/mol. The van der Waals surface area contributed by atoms with Crippen LogP contribution >= 0.6 is 22.6 Å². The molecule has 2 heteroatoms. The third-order valence-corrected chi connectivity index (χ3v) is 4.21. The van der Waals surface area contributed by atoms with Gasteiger partial charge in [0.25, 0.3) is 0 Å². The maximum atomic E-state index is 4.54. The van der Waals surface area contributed by atoms with Gasteiger partial charge in [-0.3, -0.25) is 4.99 Å². The maximum absolute atomic E-state index is 4.54. The van der Waals surface area contributed by atoms with Crippen molar-refractivity contribution in [3.63, 3.8) is 0 Å². The van der Waals surface area contributed by atoms with Gasteiger partial charge in [-0.1, -0.05) is 60.7 Å². The number of halogens is 1. The highest BCUT2D eigenvalue weighted by Gasteiger charge is 1.97. The van der Waals surface area contributed by atoms with E-state index in [-0.39, 0.29) is 0 Å². The molecule has 0 N–H and O–H groups in total. The van der Waals surface area contributed by atoms with Crippen LogP contribution in [0.25, 0.3) is 11.1 Å². The van der Waals surface area contributed by atoms with Crippen LogP contribution in [0, 0.1) is 3.57 Å². The Balaban J connectivity index is 1.81. The van der Waals surface area contributed by atoms with E-state index in [1.165, 1.54) is 14.7 Å². The molecule has 0 unspecified atom stereocenters. The number of rotatable bonds is 3. The number of aliphatic imine (C=N–C) groups is 1. The molecule has 0 aromatic heterocycles. The fourth-order valence-corrected chi connectivity index (χ4v) is 2.62. The van der Waals surface area contributed by atoms with Crippen LogP contribution in [0.1, 0.15) is 5.56 Å². The summed E-state index contributed by atoms with van der Waals surface area (Å²) in [6, 6.07) is 26.9. The molecule has 0 bridgehead atoms. The number of hydrogen-bond acceptors (Lipinski definition) is 1. The molecule has 0 amide bonds. The van der Waals surface area contributed by atoms with Crippen molar-refractivity contribution in [3.05, 3.63) is 88.0 Å². The molecule has 0 aliphatic heterocycles. The van der Waals surface area contributed by atoms with Crippen molar-refractivity contribution in [1.82, 2.24) is 0 Å². The van der Waals surface area contributed by atoms with E-state index in [1.54, 1.807) is 0 Å². The van der Waals surface area contributed by atoms with Crippen LogP contribution in [0.15, 0.2) is 83.9 Å². The smallest absolute Gasteiger partial charge is 0.0630 e. The Morgan fingerprint density at radius 2 is 1.29 bits per heavy atom. The second-order valence-corrected chi connectivity index (χ2v) is 5.85. The molecule has 0 spiro atoms. The topological polar surface area (TPSA) is 12.4 Å². The van der Waals surface area contributed by atoms with Gasteiger partial charge in [-0.05, 0) is 51.9 Å². The van der Waals surface area contributed by atoms with Crippen LogP contribution in [0.5, 0.6) is 0 Å². The molecule has 0 aliphatic carbocycles. The molecule has 0 radical (unpaired) electrons. The molecule has 0 heterocycles. The van der Waals surface area contributed by atoms with Gasteiger partial charge in [-0.25, -0.2) is 0 Å². The Hall–Kier alpha value is -1.94. The summed E-state index contributed by atoms with van der Waals surface area (Å²) in [4.78, 5) is 4.54. The average molecular weight is 383 g/mol. The molecule has 3 aromatic rings. The molecular formula is C19H14IN. The predicted molar refractivity (Wildman–Crippen MR) is 98.3 cm³/mol. The number of hydrogen-bond donors (Lipinski definition) is 0. The van der Waals surface area contributed by atoms with E-state index in [4.69, 9.17) is 0 Å². The molecule has 21 heavy (non-hydrogen) atoms. The van der Waals surface area contributed by atoms with Crippen LogP contribution in [0.2, 0.25) is 0 Å². The molecule has 3 aromatic carbocycles.